The Morgan fingerprint density at radius 3 is 2.54 bits per heavy atom. The number of ether oxygens (including phenoxy) is 1. The summed E-state index contributed by atoms with van der Waals surface area (Å²) in [6, 6.07) is 7.78. The van der Waals surface area contributed by atoms with E-state index in [1.165, 1.54) is 18.4 Å². The summed E-state index contributed by atoms with van der Waals surface area (Å²) in [7, 11) is 1.36. The highest BCUT2D eigenvalue weighted by Gasteiger charge is 2.24. The van der Waals surface area contributed by atoms with Gasteiger partial charge in [-0.05, 0) is 25.5 Å². The van der Waals surface area contributed by atoms with Gasteiger partial charge in [-0.25, -0.2) is 13.8 Å². The first-order chi connectivity index (χ1) is 13.4. The molecule has 0 fully saturated rings. The van der Waals surface area contributed by atoms with Gasteiger partial charge in [-0.1, -0.05) is 23.7 Å². The van der Waals surface area contributed by atoms with Crippen molar-refractivity contribution in [3.63, 3.8) is 0 Å². The van der Waals surface area contributed by atoms with Crippen molar-refractivity contribution in [2.45, 2.75) is 13.8 Å². The fraction of sp³-hybridized carbons (Fsp3) is 0.150. The number of anilines is 2. The number of benzene rings is 2. The largest absolute Gasteiger partial charge is 0.497 e. The number of rotatable bonds is 4. The van der Waals surface area contributed by atoms with Crippen LogP contribution in [0.4, 0.5) is 20.3 Å². The molecule has 0 spiro atoms. The van der Waals surface area contributed by atoms with E-state index in [2.05, 4.69) is 10.3 Å². The maximum absolute atomic E-state index is 14.8. The first kappa shape index (κ1) is 18.7. The Morgan fingerprint density at radius 1 is 1.18 bits per heavy atom. The Labute approximate surface area is 169 Å². The molecule has 0 saturated heterocycles. The Bertz CT molecular complexity index is 1160. The lowest BCUT2D eigenvalue weighted by Crippen LogP contribution is -2.02. The van der Waals surface area contributed by atoms with Crippen molar-refractivity contribution in [2.24, 2.45) is 0 Å². The number of para-hydroxylation sites is 1. The molecule has 0 saturated carbocycles. The van der Waals surface area contributed by atoms with Crippen LogP contribution in [0.3, 0.4) is 0 Å². The van der Waals surface area contributed by atoms with Crippen LogP contribution in [-0.2, 0) is 0 Å². The predicted molar refractivity (Wildman–Crippen MR) is 109 cm³/mol. The van der Waals surface area contributed by atoms with Crippen LogP contribution in [0.2, 0.25) is 5.02 Å². The predicted octanol–water partition coefficient (Wildman–Crippen LogP) is 6.36. The van der Waals surface area contributed by atoms with Gasteiger partial charge in [-0.15, -0.1) is 11.3 Å². The van der Waals surface area contributed by atoms with E-state index < -0.39 is 11.6 Å². The highest BCUT2D eigenvalue weighted by Crippen LogP contribution is 2.39. The molecule has 28 heavy (non-hydrogen) atoms. The van der Waals surface area contributed by atoms with E-state index >= 15 is 0 Å². The van der Waals surface area contributed by atoms with Crippen LogP contribution in [0.25, 0.3) is 16.2 Å². The third kappa shape index (κ3) is 3.00. The molecule has 1 N–H and O–H groups in total. The molecule has 8 heteroatoms. The minimum Gasteiger partial charge on any atom is -0.497 e. The van der Waals surface area contributed by atoms with E-state index in [-0.39, 0.29) is 17.0 Å². The Balaban J connectivity index is 1.98. The molecule has 0 radical (unpaired) electrons. The molecule has 4 nitrogen and oxygen atoms in total. The number of nitrogens with zero attached hydrogens (tertiary/aromatic N) is 2. The smallest absolute Gasteiger partial charge is 0.196 e. The molecule has 0 aliphatic heterocycles. The Morgan fingerprint density at radius 2 is 1.89 bits per heavy atom. The molecule has 0 aliphatic rings. The quantitative estimate of drug-likeness (QED) is 0.418. The van der Waals surface area contributed by atoms with Crippen LogP contribution in [-0.4, -0.2) is 16.5 Å². The fourth-order valence-corrected chi connectivity index (χ4v) is 4.22. The summed E-state index contributed by atoms with van der Waals surface area (Å²) in [5, 5.41) is 5.68. The topological polar surface area (TPSA) is 38.6 Å². The zero-order valence-corrected chi connectivity index (χ0v) is 16.9. The molecular weight excluding hydrogens is 404 g/mol. The second kappa shape index (κ2) is 7.07. The van der Waals surface area contributed by atoms with Gasteiger partial charge in [0, 0.05) is 23.2 Å². The molecule has 2 aromatic heterocycles. The molecule has 0 bridgehead atoms. The summed E-state index contributed by atoms with van der Waals surface area (Å²) in [4.78, 5) is 5.11. The van der Waals surface area contributed by atoms with Crippen molar-refractivity contribution in [3.05, 3.63) is 63.6 Å². The van der Waals surface area contributed by atoms with Crippen LogP contribution in [0.5, 0.6) is 5.75 Å². The molecule has 0 aliphatic carbocycles. The number of imidazole rings is 1. The zero-order valence-electron chi connectivity index (χ0n) is 15.3. The lowest BCUT2D eigenvalue weighted by molar-refractivity contribution is 0.407. The molecular formula is C20H16ClF2N3OS. The SMILES string of the molecule is COc1cc(F)c(-c2nc3scc(C)n3c2Nc2c(C)cccc2Cl)c(F)c1. The summed E-state index contributed by atoms with van der Waals surface area (Å²) in [5.41, 5.74) is 2.40. The van der Waals surface area contributed by atoms with Gasteiger partial charge >= 0.3 is 0 Å². The van der Waals surface area contributed by atoms with Crippen LogP contribution in [0, 0.1) is 25.5 Å². The van der Waals surface area contributed by atoms with Gasteiger partial charge in [0.05, 0.1) is 23.4 Å². The molecule has 0 unspecified atom stereocenters. The third-order valence-electron chi connectivity index (χ3n) is 4.49. The maximum atomic E-state index is 14.8. The minimum atomic E-state index is -0.751. The Hall–Kier alpha value is -2.64. The van der Waals surface area contributed by atoms with Gasteiger partial charge in [0.25, 0.3) is 0 Å². The van der Waals surface area contributed by atoms with Gasteiger partial charge in [-0.3, -0.25) is 4.40 Å². The summed E-state index contributed by atoms with van der Waals surface area (Å²) in [5.74, 6) is -0.946. The van der Waals surface area contributed by atoms with Crippen LogP contribution in [0.15, 0.2) is 35.7 Å². The van der Waals surface area contributed by atoms with Gasteiger partial charge in [0.2, 0.25) is 0 Å². The average Bonchev–Trinajstić information content (AvgIpc) is 3.18. The van der Waals surface area contributed by atoms with Crippen molar-refractivity contribution >= 4 is 39.4 Å². The molecule has 0 atom stereocenters. The summed E-state index contributed by atoms with van der Waals surface area (Å²) in [6.07, 6.45) is 0. The van der Waals surface area contributed by atoms with Crippen molar-refractivity contribution in [3.8, 4) is 17.0 Å². The van der Waals surface area contributed by atoms with Gasteiger partial charge in [-0.2, -0.15) is 0 Å². The highest BCUT2D eigenvalue weighted by atomic mass is 35.5. The number of fused-ring (bicyclic) bond motifs is 1. The maximum Gasteiger partial charge on any atom is 0.196 e. The minimum absolute atomic E-state index is 0.104. The van der Waals surface area contributed by atoms with E-state index in [0.717, 1.165) is 23.4 Å². The van der Waals surface area contributed by atoms with Crippen molar-refractivity contribution in [1.82, 2.24) is 9.38 Å². The van der Waals surface area contributed by atoms with E-state index in [0.29, 0.717) is 21.5 Å². The monoisotopic (exact) mass is 419 g/mol. The normalized spacial score (nSPS) is 11.2. The first-order valence-electron chi connectivity index (χ1n) is 8.42. The molecule has 2 aromatic carbocycles. The number of hydrogen-bond acceptors (Lipinski definition) is 4. The molecule has 2 heterocycles. The number of thiazole rings is 1. The highest BCUT2D eigenvalue weighted by molar-refractivity contribution is 7.15. The van der Waals surface area contributed by atoms with E-state index in [9.17, 15) is 8.78 Å². The van der Waals surface area contributed by atoms with Gasteiger partial charge < -0.3 is 10.1 Å². The number of nitrogens with one attached hydrogen (secondary N) is 1. The zero-order chi connectivity index (χ0) is 20.0. The van der Waals surface area contributed by atoms with Gasteiger partial charge in [0.15, 0.2) is 4.96 Å². The average molecular weight is 420 g/mol. The van der Waals surface area contributed by atoms with Crippen molar-refractivity contribution in [2.75, 3.05) is 12.4 Å². The number of aryl methyl sites for hydroxylation is 2. The van der Waals surface area contributed by atoms with E-state index in [1.54, 1.807) is 6.07 Å². The summed E-state index contributed by atoms with van der Waals surface area (Å²) in [6.45, 7) is 3.81. The van der Waals surface area contributed by atoms with Crippen molar-refractivity contribution in [1.29, 1.82) is 0 Å². The standard InChI is InChI=1S/C20H16ClF2N3OS/c1-10-5-4-6-13(21)17(10)24-19-18(25-20-26(19)11(2)9-28-20)16-14(22)7-12(27-3)8-15(16)23/h4-9,24H,1-3H3. The molecule has 0 amide bonds. The molecule has 4 rings (SSSR count). The number of hydrogen-bond donors (Lipinski definition) is 1. The number of aromatic nitrogens is 2. The fourth-order valence-electron chi connectivity index (χ4n) is 3.09. The summed E-state index contributed by atoms with van der Waals surface area (Å²) < 4.78 is 36.3. The first-order valence-corrected chi connectivity index (χ1v) is 9.68. The van der Waals surface area contributed by atoms with E-state index in [1.807, 2.05) is 35.8 Å². The van der Waals surface area contributed by atoms with Crippen LogP contribution in [0.1, 0.15) is 11.3 Å². The molecule has 144 valence electrons. The van der Waals surface area contributed by atoms with Crippen LogP contribution < -0.4 is 10.1 Å². The lowest BCUT2D eigenvalue weighted by atomic mass is 10.1. The second-order valence-electron chi connectivity index (χ2n) is 6.33. The number of halogens is 3. The van der Waals surface area contributed by atoms with Crippen molar-refractivity contribution < 1.29 is 13.5 Å². The second-order valence-corrected chi connectivity index (χ2v) is 7.57. The third-order valence-corrected chi connectivity index (χ3v) is 5.75. The van der Waals surface area contributed by atoms with Crippen LogP contribution >= 0.6 is 22.9 Å². The van der Waals surface area contributed by atoms with Gasteiger partial charge in [0.1, 0.15) is 28.9 Å². The number of methoxy groups -OCH3 is 1. The Kier molecular flexibility index (Phi) is 4.72. The van der Waals surface area contributed by atoms with E-state index in [4.69, 9.17) is 16.3 Å². The summed E-state index contributed by atoms with van der Waals surface area (Å²) >= 11 is 7.75. The molecule has 4 aromatic rings. The lowest BCUT2D eigenvalue weighted by Gasteiger charge is -2.14.